The Balaban J connectivity index is 1.86. The topological polar surface area (TPSA) is 58.3 Å². The molecular formula is C13H20BrN5. The van der Waals surface area contributed by atoms with Crippen LogP contribution in [0.5, 0.6) is 0 Å². The summed E-state index contributed by atoms with van der Waals surface area (Å²) < 4.78 is 0.825. The molecule has 0 bridgehead atoms. The van der Waals surface area contributed by atoms with Crippen molar-refractivity contribution < 1.29 is 0 Å². The summed E-state index contributed by atoms with van der Waals surface area (Å²) in [4.78, 5) is 13.4. The summed E-state index contributed by atoms with van der Waals surface area (Å²) in [6.45, 7) is 5.66. The molecule has 2 atom stereocenters. The van der Waals surface area contributed by atoms with Gasteiger partial charge in [-0.2, -0.15) is 0 Å². The number of nitrogens with two attached hydrogens (primary N) is 1. The highest BCUT2D eigenvalue weighted by Gasteiger charge is 2.34. The van der Waals surface area contributed by atoms with Gasteiger partial charge in [0.25, 0.3) is 0 Å². The number of nitrogens with zero attached hydrogens (tertiary/aromatic N) is 4. The highest BCUT2D eigenvalue weighted by Crippen LogP contribution is 2.32. The summed E-state index contributed by atoms with van der Waals surface area (Å²) in [5, 5.41) is 0. The van der Waals surface area contributed by atoms with Gasteiger partial charge in [0.2, 0.25) is 0 Å². The van der Waals surface area contributed by atoms with E-state index in [1.165, 1.54) is 25.8 Å². The van der Waals surface area contributed by atoms with Gasteiger partial charge in [-0.25, -0.2) is 9.97 Å². The van der Waals surface area contributed by atoms with E-state index in [1.54, 1.807) is 6.33 Å². The normalized spacial score (nSPS) is 28.2. The lowest BCUT2D eigenvalue weighted by Gasteiger charge is -2.48. The van der Waals surface area contributed by atoms with Crippen LogP contribution in [0.2, 0.25) is 0 Å². The second-order valence-electron chi connectivity index (χ2n) is 5.54. The number of hydrogen-bond donors (Lipinski definition) is 1. The molecule has 2 aliphatic rings. The van der Waals surface area contributed by atoms with Gasteiger partial charge in [-0.3, -0.25) is 4.90 Å². The number of hydrogen-bond acceptors (Lipinski definition) is 5. The Hall–Kier alpha value is -0.880. The quantitative estimate of drug-likeness (QED) is 0.854. The predicted molar refractivity (Wildman–Crippen MR) is 80.2 cm³/mol. The molecule has 0 spiro atoms. The summed E-state index contributed by atoms with van der Waals surface area (Å²) in [6.07, 6.45) is 5.53. The maximum absolute atomic E-state index is 5.87. The number of fused-ring (bicyclic) bond motifs is 1. The number of halogens is 1. The first-order valence-corrected chi connectivity index (χ1v) is 7.73. The van der Waals surface area contributed by atoms with Crippen LogP contribution in [0, 0.1) is 0 Å². The van der Waals surface area contributed by atoms with E-state index in [-0.39, 0.29) is 0 Å². The summed E-state index contributed by atoms with van der Waals surface area (Å²) in [7, 11) is 0. The van der Waals surface area contributed by atoms with Crippen molar-refractivity contribution in [3.05, 3.63) is 10.8 Å². The monoisotopic (exact) mass is 325 g/mol. The van der Waals surface area contributed by atoms with Crippen LogP contribution < -0.4 is 10.6 Å². The molecule has 0 radical (unpaired) electrons. The van der Waals surface area contributed by atoms with Crippen molar-refractivity contribution in [2.24, 2.45) is 0 Å². The van der Waals surface area contributed by atoms with E-state index in [9.17, 15) is 0 Å². The highest BCUT2D eigenvalue weighted by atomic mass is 79.9. The third-order valence-electron chi connectivity index (χ3n) is 4.26. The average molecular weight is 326 g/mol. The van der Waals surface area contributed by atoms with E-state index in [1.807, 2.05) is 0 Å². The Morgan fingerprint density at radius 1 is 1.32 bits per heavy atom. The van der Waals surface area contributed by atoms with Gasteiger partial charge in [-0.15, -0.1) is 0 Å². The van der Waals surface area contributed by atoms with E-state index in [2.05, 4.69) is 42.6 Å². The van der Waals surface area contributed by atoms with Gasteiger partial charge in [0.05, 0.1) is 0 Å². The maximum Gasteiger partial charge on any atom is 0.148 e. The molecule has 1 aromatic rings. The van der Waals surface area contributed by atoms with Crippen LogP contribution in [0.4, 0.5) is 11.6 Å². The maximum atomic E-state index is 5.87. The van der Waals surface area contributed by atoms with Crippen LogP contribution in [0.25, 0.3) is 0 Å². The highest BCUT2D eigenvalue weighted by molar-refractivity contribution is 9.10. The third kappa shape index (κ3) is 2.43. The van der Waals surface area contributed by atoms with Crippen molar-refractivity contribution in [1.82, 2.24) is 14.9 Å². The lowest BCUT2D eigenvalue weighted by molar-refractivity contribution is 0.115. The molecular weight excluding hydrogens is 306 g/mol. The fraction of sp³-hybridized carbons (Fsp3) is 0.692. The van der Waals surface area contributed by atoms with Crippen molar-refractivity contribution in [3.63, 3.8) is 0 Å². The number of nitrogen functional groups attached to an aromatic ring is 1. The number of rotatable bonds is 1. The smallest absolute Gasteiger partial charge is 0.148 e. The number of anilines is 2. The summed E-state index contributed by atoms with van der Waals surface area (Å²) >= 11 is 3.53. The first kappa shape index (κ1) is 13.1. The first-order chi connectivity index (χ1) is 9.16. The van der Waals surface area contributed by atoms with Gasteiger partial charge < -0.3 is 10.6 Å². The molecule has 1 aromatic heterocycles. The Morgan fingerprint density at radius 2 is 2.16 bits per heavy atom. The number of aromatic nitrogens is 2. The van der Waals surface area contributed by atoms with Crippen LogP contribution in [0.3, 0.4) is 0 Å². The van der Waals surface area contributed by atoms with Crippen molar-refractivity contribution >= 4 is 27.6 Å². The van der Waals surface area contributed by atoms with Crippen LogP contribution in [-0.4, -0.2) is 46.6 Å². The summed E-state index contributed by atoms with van der Waals surface area (Å²) in [5.41, 5.74) is 5.87. The van der Waals surface area contributed by atoms with Gasteiger partial charge >= 0.3 is 0 Å². The minimum absolute atomic E-state index is 0.458. The van der Waals surface area contributed by atoms with Crippen molar-refractivity contribution in [2.75, 3.05) is 30.3 Å². The zero-order valence-corrected chi connectivity index (χ0v) is 12.8. The van der Waals surface area contributed by atoms with Gasteiger partial charge in [0, 0.05) is 25.2 Å². The predicted octanol–water partition coefficient (Wildman–Crippen LogP) is 1.88. The van der Waals surface area contributed by atoms with Crippen LogP contribution in [0.15, 0.2) is 10.8 Å². The lowest BCUT2D eigenvalue weighted by Crippen LogP contribution is -2.59. The molecule has 2 fully saturated rings. The van der Waals surface area contributed by atoms with Gasteiger partial charge in [0.15, 0.2) is 0 Å². The van der Waals surface area contributed by atoms with Gasteiger partial charge in [0.1, 0.15) is 22.4 Å². The molecule has 2 N–H and O–H groups in total. The van der Waals surface area contributed by atoms with Crippen molar-refractivity contribution in [2.45, 2.75) is 38.3 Å². The minimum Gasteiger partial charge on any atom is -0.383 e. The second kappa shape index (κ2) is 5.25. The van der Waals surface area contributed by atoms with Gasteiger partial charge in [-0.1, -0.05) is 6.42 Å². The van der Waals surface area contributed by atoms with Crippen LogP contribution in [-0.2, 0) is 0 Å². The van der Waals surface area contributed by atoms with E-state index in [4.69, 9.17) is 5.73 Å². The fourth-order valence-corrected chi connectivity index (χ4v) is 3.65. The second-order valence-corrected chi connectivity index (χ2v) is 6.34. The molecule has 2 aliphatic heterocycles. The van der Waals surface area contributed by atoms with Gasteiger partial charge in [-0.05, 0) is 42.2 Å². The zero-order valence-electron chi connectivity index (χ0n) is 11.2. The molecule has 0 aromatic carbocycles. The van der Waals surface area contributed by atoms with E-state index < -0.39 is 0 Å². The summed E-state index contributed by atoms with van der Waals surface area (Å²) in [5.74, 6) is 1.45. The van der Waals surface area contributed by atoms with Crippen LogP contribution >= 0.6 is 15.9 Å². The summed E-state index contributed by atoms with van der Waals surface area (Å²) in [6, 6.07) is 1.12. The lowest BCUT2D eigenvalue weighted by atomic mass is 9.97. The number of piperazine rings is 1. The first-order valence-electron chi connectivity index (χ1n) is 6.93. The molecule has 2 unspecified atom stereocenters. The SMILES string of the molecule is CC1CN2CCCCC2CN1c1ncnc(N)c1Br. The molecule has 0 amide bonds. The Morgan fingerprint density at radius 3 is 3.00 bits per heavy atom. The molecule has 6 heteroatoms. The third-order valence-corrected chi connectivity index (χ3v) is 5.02. The Labute approximate surface area is 122 Å². The minimum atomic E-state index is 0.458. The molecule has 0 saturated carbocycles. The van der Waals surface area contributed by atoms with Crippen molar-refractivity contribution in [1.29, 1.82) is 0 Å². The average Bonchev–Trinajstić information content (AvgIpc) is 2.41. The van der Waals surface area contributed by atoms with E-state index in [0.29, 0.717) is 17.9 Å². The standard InChI is InChI=1S/C13H20BrN5/c1-9-6-18-5-3-2-4-10(18)7-19(9)13-11(14)12(15)16-8-17-13/h8-10H,2-7H2,1H3,(H2,15,16,17). The molecule has 3 rings (SSSR count). The van der Waals surface area contributed by atoms with Crippen LogP contribution in [0.1, 0.15) is 26.2 Å². The molecule has 2 saturated heterocycles. The number of piperidine rings is 1. The molecule has 19 heavy (non-hydrogen) atoms. The molecule has 5 nitrogen and oxygen atoms in total. The zero-order chi connectivity index (χ0) is 13.4. The molecule has 3 heterocycles. The molecule has 104 valence electrons. The van der Waals surface area contributed by atoms with E-state index in [0.717, 1.165) is 23.4 Å². The largest absolute Gasteiger partial charge is 0.383 e. The Bertz CT molecular complexity index is 466. The van der Waals surface area contributed by atoms with E-state index >= 15 is 0 Å². The fourth-order valence-electron chi connectivity index (χ4n) is 3.22. The Kier molecular flexibility index (Phi) is 3.62. The molecule has 0 aliphatic carbocycles. The van der Waals surface area contributed by atoms with Crippen molar-refractivity contribution in [3.8, 4) is 0 Å².